The van der Waals surface area contributed by atoms with Crippen molar-refractivity contribution in [2.45, 2.75) is 45.1 Å². The second-order valence-corrected chi connectivity index (χ2v) is 9.46. The minimum absolute atomic E-state index is 0.00743. The normalized spacial score (nSPS) is 16.5. The lowest BCUT2D eigenvalue weighted by atomic mass is 9.96. The average molecular weight is 417 g/mol. The van der Waals surface area contributed by atoms with E-state index in [2.05, 4.69) is 20.8 Å². The maximum Gasteiger partial charge on any atom is 0.267 e. The number of hydrogen-bond acceptors (Lipinski definition) is 6. The van der Waals surface area contributed by atoms with E-state index in [0.29, 0.717) is 12.5 Å². The molecule has 1 aliphatic rings. The monoisotopic (exact) mass is 416 g/mol. The highest BCUT2D eigenvalue weighted by atomic mass is 32.2. The van der Waals surface area contributed by atoms with Gasteiger partial charge in [-0.15, -0.1) is 11.3 Å². The Morgan fingerprint density at radius 1 is 1.36 bits per heavy atom. The van der Waals surface area contributed by atoms with Crippen molar-refractivity contribution >= 4 is 33.3 Å². The number of benzene rings is 1. The first kappa shape index (κ1) is 19.5. The van der Waals surface area contributed by atoms with Crippen LogP contribution in [-0.4, -0.2) is 28.5 Å². The maximum absolute atomic E-state index is 13.6. The fourth-order valence-corrected chi connectivity index (χ4v) is 5.42. The van der Waals surface area contributed by atoms with Gasteiger partial charge in [0.2, 0.25) is 0 Å². The molecule has 3 heterocycles. The molecule has 148 valence electrons. The van der Waals surface area contributed by atoms with Crippen LogP contribution in [0.5, 0.6) is 5.75 Å². The molecular formula is C21H24N2O3S2. The van der Waals surface area contributed by atoms with E-state index in [4.69, 9.17) is 14.5 Å². The van der Waals surface area contributed by atoms with Gasteiger partial charge in [-0.2, -0.15) is 0 Å². The van der Waals surface area contributed by atoms with E-state index >= 15 is 0 Å². The molecule has 1 aromatic carbocycles. The molecule has 1 atom stereocenters. The van der Waals surface area contributed by atoms with Gasteiger partial charge in [0, 0.05) is 11.3 Å². The Morgan fingerprint density at radius 3 is 2.75 bits per heavy atom. The van der Waals surface area contributed by atoms with Gasteiger partial charge in [0.25, 0.3) is 5.56 Å². The number of nitrogens with zero attached hydrogens (tertiary/aromatic N) is 2. The molecule has 0 spiro atoms. The smallest absolute Gasteiger partial charge is 0.267 e. The maximum atomic E-state index is 13.6. The van der Waals surface area contributed by atoms with E-state index < -0.39 is 0 Å². The van der Waals surface area contributed by atoms with Crippen LogP contribution < -0.4 is 10.3 Å². The van der Waals surface area contributed by atoms with Crippen molar-refractivity contribution in [3.8, 4) is 11.4 Å². The third kappa shape index (κ3) is 3.36. The molecule has 0 radical (unpaired) electrons. The molecule has 0 saturated heterocycles. The Balaban J connectivity index is 1.93. The second kappa shape index (κ2) is 7.89. The summed E-state index contributed by atoms with van der Waals surface area (Å²) >= 11 is 3.18. The molecule has 0 unspecified atom stereocenters. The number of ether oxygens (including phenoxy) is 2. The quantitative estimate of drug-likeness (QED) is 0.447. The van der Waals surface area contributed by atoms with Crippen molar-refractivity contribution in [1.29, 1.82) is 0 Å². The van der Waals surface area contributed by atoms with Crippen molar-refractivity contribution in [3.05, 3.63) is 45.1 Å². The summed E-state index contributed by atoms with van der Waals surface area (Å²) in [6, 6.07) is 7.56. The summed E-state index contributed by atoms with van der Waals surface area (Å²) in [5, 5.41) is 1.48. The molecule has 4 rings (SSSR count). The zero-order valence-corrected chi connectivity index (χ0v) is 18.2. The third-order valence-corrected chi connectivity index (χ3v) is 6.98. The van der Waals surface area contributed by atoms with Crippen LogP contribution in [0.1, 0.15) is 31.2 Å². The number of fused-ring (bicyclic) bond motifs is 3. The van der Waals surface area contributed by atoms with Gasteiger partial charge in [0.05, 0.1) is 30.9 Å². The summed E-state index contributed by atoms with van der Waals surface area (Å²) in [5.74, 6) is 2.02. The van der Waals surface area contributed by atoms with Crippen LogP contribution >= 0.6 is 23.1 Å². The van der Waals surface area contributed by atoms with Crippen LogP contribution in [-0.2, 0) is 17.8 Å². The first-order chi connectivity index (χ1) is 13.5. The van der Waals surface area contributed by atoms with Gasteiger partial charge in [-0.3, -0.25) is 9.36 Å². The summed E-state index contributed by atoms with van der Waals surface area (Å²) in [7, 11) is 1.64. The number of rotatable bonds is 5. The number of hydrogen-bond donors (Lipinski definition) is 0. The van der Waals surface area contributed by atoms with E-state index in [1.807, 2.05) is 24.3 Å². The van der Waals surface area contributed by atoms with Crippen LogP contribution in [0.4, 0.5) is 0 Å². The van der Waals surface area contributed by atoms with E-state index in [1.54, 1.807) is 34.8 Å². The summed E-state index contributed by atoms with van der Waals surface area (Å²) in [4.78, 5) is 20.5. The van der Waals surface area contributed by atoms with Gasteiger partial charge in [0.1, 0.15) is 10.6 Å². The number of thioether (sulfide) groups is 1. The average Bonchev–Trinajstić information content (AvgIpc) is 3.06. The van der Waals surface area contributed by atoms with Crippen LogP contribution in [0.2, 0.25) is 0 Å². The molecule has 28 heavy (non-hydrogen) atoms. The molecule has 0 fully saturated rings. The minimum atomic E-state index is 0.00743. The molecule has 0 aliphatic carbocycles. The summed E-state index contributed by atoms with van der Waals surface area (Å²) in [6.45, 7) is 6.96. The first-order valence-electron chi connectivity index (χ1n) is 9.49. The van der Waals surface area contributed by atoms with Gasteiger partial charge in [-0.1, -0.05) is 32.5 Å². The Bertz CT molecular complexity index is 1050. The lowest BCUT2D eigenvalue weighted by molar-refractivity contribution is 0.00200. The zero-order valence-electron chi connectivity index (χ0n) is 16.5. The zero-order chi connectivity index (χ0) is 19.8. The molecule has 0 saturated carbocycles. The molecule has 2 aromatic heterocycles. The molecule has 0 amide bonds. The van der Waals surface area contributed by atoms with Crippen LogP contribution in [0.15, 0.2) is 34.2 Å². The highest BCUT2D eigenvalue weighted by Crippen LogP contribution is 2.36. The first-order valence-corrected chi connectivity index (χ1v) is 11.3. The van der Waals surface area contributed by atoms with Crippen molar-refractivity contribution < 1.29 is 9.47 Å². The van der Waals surface area contributed by atoms with Gasteiger partial charge < -0.3 is 9.47 Å². The van der Waals surface area contributed by atoms with E-state index in [9.17, 15) is 4.79 Å². The van der Waals surface area contributed by atoms with E-state index in [0.717, 1.165) is 49.4 Å². The van der Waals surface area contributed by atoms with E-state index in [-0.39, 0.29) is 11.7 Å². The molecular weight excluding hydrogens is 392 g/mol. The SMILES string of the molecule is CCSc1nc2sc3c(c2c(=O)n1-c1ccc(OC)cc1)C[C@H](C(C)C)OC3. The lowest BCUT2D eigenvalue weighted by Gasteiger charge is -2.26. The molecule has 0 bridgehead atoms. The Kier molecular flexibility index (Phi) is 5.49. The Labute approximate surface area is 172 Å². The van der Waals surface area contributed by atoms with Crippen molar-refractivity contribution in [1.82, 2.24) is 9.55 Å². The molecule has 0 N–H and O–H groups in total. The molecule has 1 aliphatic heterocycles. The molecule has 5 nitrogen and oxygen atoms in total. The predicted molar refractivity (Wildman–Crippen MR) is 115 cm³/mol. The fourth-order valence-electron chi connectivity index (χ4n) is 3.52. The van der Waals surface area contributed by atoms with Crippen LogP contribution in [0, 0.1) is 5.92 Å². The fraction of sp³-hybridized carbons (Fsp3) is 0.429. The number of methoxy groups -OCH3 is 1. The second-order valence-electron chi connectivity index (χ2n) is 7.15. The standard InChI is InChI=1S/C21H24N2O3S2/c1-5-27-21-22-19-18(15-10-16(12(2)3)26-11-17(15)28-19)20(24)23(21)13-6-8-14(25-4)9-7-13/h6-9,12,16H,5,10-11H2,1-4H3/t16-/m1/s1. The van der Waals surface area contributed by atoms with Gasteiger partial charge >= 0.3 is 0 Å². The summed E-state index contributed by atoms with van der Waals surface area (Å²) in [5.41, 5.74) is 1.94. The number of thiophene rings is 1. The number of aromatic nitrogens is 2. The highest BCUT2D eigenvalue weighted by molar-refractivity contribution is 7.99. The van der Waals surface area contributed by atoms with Gasteiger partial charge in [-0.25, -0.2) is 4.98 Å². The van der Waals surface area contributed by atoms with Gasteiger partial charge in [-0.05, 0) is 41.5 Å². The third-order valence-electron chi connectivity index (χ3n) is 5.06. The molecule has 3 aromatic rings. The van der Waals surface area contributed by atoms with Crippen LogP contribution in [0.25, 0.3) is 15.9 Å². The van der Waals surface area contributed by atoms with E-state index in [1.165, 1.54) is 0 Å². The van der Waals surface area contributed by atoms with Crippen LogP contribution in [0.3, 0.4) is 0 Å². The Hall–Kier alpha value is -1.83. The predicted octanol–water partition coefficient (Wildman–Crippen LogP) is 4.67. The molecule has 7 heteroatoms. The highest BCUT2D eigenvalue weighted by Gasteiger charge is 2.28. The Morgan fingerprint density at radius 2 is 2.11 bits per heavy atom. The minimum Gasteiger partial charge on any atom is -0.497 e. The summed E-state index contributed by atoms with van der Waals surface area (Å²) in [6.07, 6.45) is 0.913. The van der Waals surface area contributed by atoms with Gasteiger partial charge in [0.15, 0.2) is 5.16 Å². The topological polar surface area (TPSA) is 53.4 Å². The lowest BCUT2D eigenvalue weighted by Crippen LogP contribution is -2.28. The van der Waals surface area contributed by atoms with Crippen molar-refractivity contribution in [2.75, 3.05) is 12.9 Å². The van der Waals surface area contributed by atoms with Crippen molar-refractivity contribution in [2.24, 2.45) is 5.92 Å². The van der Waals surface area contributed by atoms with Crippen molar-refractivity contribution in [3.63, 3.8) is 0 Å². The largest absolute Gasteiger partial charge is 0.497 e. The summed E-state index contributed by atoms with van der Waals surface area (Å²) < 4.78 is 13.0.